The van der Waals surface area contributed by atoms with Gasteiger partial charge >= 0.3 is 0 Å². The van der Waals surface area contributed by atoms with E-state index >= 15 is 0 Å². The van der Waals surface area contributed by atoms with Crippen LogP contribution in [0.5, 0.6) is 0 Å². The maximum Gasteiger partial charge on any atom is 0.223 e. The number of carbonyl (C=O) groups is 2. The molecule has 0 aliphatic rings. The number of aldehydes is 1. The van der Waals surface area contributed by atoms with Crippen LogP contribution in [0.2, 0.25) is 0 Å². The maximum atomic E-state index is 13.9. The van der Waals surface area contributed by atoms with Crippen molar-refractivity contribution >= 4 is 81.9 Å². The molecule has 200 valence electrons. The normalized spacial score (nSPS) is 11.8. The summed E-state index contributed by atoms with van der Waals surface area (Å²) >= 11 is 2.23. The van der Waals surface area contributed by atoms with E-state index in [1.54, 1.807) is 15.4 Å². The van der Waals surface area contributed by atoms with E-state index < -0.39 is 0 Å². The standard InChI is InChI=1S/C29H18N6O4S2/c1-15(37)12-13-18-20-28(34(32-18)16-8-4-2-5-9-16)40-26-22(30-20)24(38)27-23(25(26)39)31-21-19(14-36)33-35(29(21)41-27)17-10-6-3-7-11-17/h2-14,30-31H,1H3/b13-12+. The zero-order chi connectivity index (χ0) is 28.2. The van der Waals surface area contributed by atoms with Gasteiger partial charge in [-0.25, -0.2) is 9.36 Å². The number of para-hydroxylation sites is 2. The second-order valence-electron chi connectivity index (χ2n) is 9.21. The van der Waals surface area contributed by atoms with Crippen LogP contribution in [0.3, 0.4) is 0 Å². The SMILES string of the molecule is CC(=O)/C=C/c1nn(-c2ccccc2)c2sc3c(=O)c4[nH]c5c(C=O)nn(-c6ccccc6)c5sc4c(=O)c3[nH]c12. The number of allylic oxidation sites excluding steroid dienone is 1. The van der Waals surface area contributed by atoms with Crippen LogP contribution in [0.15, 0.2) is 76.3 Å². The third-order valence-electron chi connectivity index (χ3n) is 6.55. The molecule has 0 atom stereocenters. The highest BCUT2D eigenvalue weighted by Gasteiger charge is 2.22. The fourth-order valence-corrected chi connectivity index (χ4v) is 6.92. The Kier molecular flexibility index (Phi) is 5.73. The van der Waals surface area contributed by atoms with E-state index in [1.165, 1.54) is 13.0 Å². The lowest BCUT2D eigenvalue weighted by Gasteiger charge is -2.06. The van der Waals surface area contributed by atoms with Gasteiger partial charge in [-0.3, -0.25) is 19.2 Å². The first-order valence-electron chi connectivity index (χ1n) is 12.4. The number of ketones is 1. The fraction of sp³-hybridized carbons (Fsp3) is 0.0345. The summed E-state index contributed by atoms with van der Waals surface area (Å²) in [5.41, 5.74) is 2.40. The molecule has 7 rings (SSSR count). The minimum Gasteiger partial charge on any atom is -0.347 e. The molecule has 0 radical (unpaired) electrons. The van der Waals surface area contributed by atoms with Gasteiger partial charge in [0.2, 0.25) is 10.9 Å². The highest BCUT2D eigenvalue weighted by Crippen LogP contribution is 2.31. The summed E-state index contributed by atoms with van der Waals surface area (Å²) in [6.07, 6.45) is 3.61. The van der Waals surface area contributed by atoms with Crippen molar-refractivity contribution in [3.05, 3.63) is 98.6 Å². The number of hydrogen-bond acceptors (Lipinski definition) is 8. The third kappa shape index (κ3) is 3.91. The summed E-state index contributed by atoms with van der Waals surface area (Å²) in [4.78, 5) is 58.8. The molecule has 3 aromatic carbocycles. The molecule has 0 aliphatic heterocycles. The van der Waals surface area contributed by atoms with Crippen molar-refractivity contribution in [3.8, 4) is 11.4 Å². The molecule has 41 heavy (non-hydrogen) atoms. The summed E-state index contributed by atoms with van der Waals surface area (Å²) in [7, 11) is 0. The topological polar surface area (TPSA) is 135 Å². The molecule has 2 N–H and O–H groups in total. The van der Waals surface area contributed by atoms with Crippen LogP contribution in [0, 0.1) is 0 Å². The quantitative estimate of drug-likeness (QED) is 0.165. The Bertz CT molecular complexity index is 2350. The van der Waals surface area contributed by atoms with Crippen LogP contribution >= 0.6 is 22.7 Å². The average molecular weight is 579 g/mol. The zero-order valence-electron chi connectivity index (χ0n) is 21.2. The first-order valence-corrected chi connectivity index (χ1v) is 14.1. The van der Waals surface area contributed by atoms with Crippen molar-refractivity contribution in [3.63, 3.8) is 0 Å². The highest BCUT2D eigenvalue weighted by atomic mass is 32.1. The average Bonchev–Trinajstić information content (AvgIpc) is 3.55. The number of fused-ring (bicyclic) bond motifs is 4. The van der Waals surface area contributed by atoms with Crippen LogP contribution in [-0.4, -0.2) is 41.6 Å². The van der Waals surface area contributed by atoms with Crippen molar-refractivity contribution in [2.75, 3.05) is 0 Å². The fourth-order valence-electron chi connectivity index (χ4n) is 4.67. The number of hydrogen-bond donors (Lipinski definition) is 2. The van der Waals surface area contributed by atoms with E-state index in [9.17, 15) is 19.2 Å². The lowest BCUT2D eigenvalue weighted by atomic mass is 10.2. The van der Waals surface area contributed by atoms with Crippen LogP contribution in [0.4, 0.5) is 0 Å². The van der Waals surface area contributed by atoms with Gasteiger partial charge in [-0.1, -0.05) is 36.4 Å². The minimum absolute atomic E-state index is 0.0992. The van der Waals surface area contributed by atoms with Gasteiger partial charge in [0.25, 0.3) is 0 Å². The molecule has 0 aliphatic carbocycles. The van der Waals surface area contributed by atoms with Crippen LogP contribution in [-0.2, 0) is 4.79 Å². The molecular weight excluding hydrogens is 560 g/mol. The van der Waals surface area contributed by atoms with E-state index in [1.807, 2.05) is 60.7 Å². The monoisotopic (exact) mass is 578 g/mol. The van der Waals surface area contributed by atoms with Gasteiger partial charge in [-0.2, -0.15) is 10.2 Å². The number of carbonyl (C=O) groups excluding carboxylic acids is 2. The molecule has 7 aromatic rings. The number of nitrogens with one attached hydrogen (secondary N) is 2. The molecule has 0 amide bonds. The van der Waals surface area contributed by atoms with Gasteiger partial charge in [-0.05, 0) is 43.3 Å². The van der Waals surface area contributed by atoms with Crippen molar-refractivity contribution in [2.45, 2.75) is 6.92 Å². The molecular formula is C29H18N6O4S2. The van der Waals surface area contributed by atoms with Gasteiger partial charge in [0.1, 0.15) is 46.8 Å². The van der Waals surface area contributed by atoms with E-state index in [2.05, 4.69) is 20.2 Å². The van der Waals surface area contributed by atoms with Crippen LogP contribution in [0.25, 0.3) is 58.6 Å². The van der Waals surface area contributed by atoms with E-state index in [0.717, 1.165) is 28.4 Å². The predicted molar refractivity (Wildman–Crippen MR) is 162 cm³/mol. The first kappa shape index (κ1) is 24.8. The van der Waals surface area contributed by atoms with E-state index in [-0.39, 0.29) is 42.8 Å². The second-order valence-corrected chi connectivity index (χ2v) is 11.2. The molecule has 0 saturated carbocycles. The zero-order valence-corrected chi connectivity index (χ0v) is 22.9. The Labute approximate surface area is 237 Å². The highest BCUT2D eigenvalue weighted by molar-refractivity contribution is 7.25. The van der Waals surface area contributed by atoms with E-state index in [4.69, 9.17) is 0 Å². The summed E-state index contributed by atoms with van der Waals surface area (Å²) in [6.45, 7) is 1.44. The second kappa shape index (κ2) is 9.47. The smallest absolute Gasteiger partial charge is 0.223 e. The summed E-state index contributed by atoms with van der Waals surface area (Å²) < 4.78 is 3.66. The molecule has 4 heterocycles. The van der Waals surface area contributed by atoms with Crippen molar-refractivity contribution in [2.24, 2.45) is 0 Å². The summed E-state index contributed by atoms with van der Waals surface area (Å²) in [6, 6.07) is 18.6. The number of aromatic amines is 2. The molecule has 0 saturated heterocycles. The van der Waals surface area contributed by atoms with E-state index in [0.29, 0.717) is 38.4 Å². The van der Waals surface area contributed by atoms with Crippen LogP contribution < -0.4 is 10.9 Å². The van der Waals surface area contributed by atoms with Gasteiger partial charge in [-0.15, -0.1) is 22.7 Å². The molecule has 0 bridgehead atoms. The number of benzene rings is 3. The van der Waals surface area contributed by atoms with Crippen LogP contribution in [0.1, 0.15) is 23.1 Å². The van der Waals surface area contributed by atoms with Crippen molar-refractivity contribution < 1.29 is 9.59 Å². The molecule has 4 aromatic heterocycles. The minimum atomic E-state index is -0.387. The number of nitrogens with zero attached hydrogens (tertiary/aromatic N) is 4. The Morgan fingerprint density at radius 3 is 1.66 bits per heavy atom. The Morgan fingerprint density at radius 2 is 1.20 bits per heavy atom. The first-order chi connectivity index (χ1) is 19.9. The van der Waals surface area contributed by atoms with Crippen molar-refractivity contribution in [1.82, 2.24) is 29.5 Å². The van der Waals surface area contributed by atoms with Gasteiger partial charge in [0.15, 0.2) is 17.8 Å². The molecule has 0 unspecified atom stereocenters. The Hall–Kier alpha value is -5.20. The molecule has 10 nitrogen and oxygen atoms in total. The number of H-pyrrole nitrogens is 2. The van der Waals surface area contributed by atoms with Crippen molar-refractivity contribution in [1.29, 1.82) is 0 Å². The maximum absolute atomic E-state index is 13.9. The lowest BCUT2D eigenvalue weighted by Crippen LogP contribution is -2.14. The Balaban J connectivity index is 1.59. The van der Waals surface area contributed by atoms with Gasteiger partial charge in [0, 0.05) is 0 Å². The molecule has 12 heteroatoms. The molecule has 0 fully saturated rings. The van der Waals surface area contributed by atoms with Gasteiger partial charge < -0.3 is 9.97 Å². The largest absolute Gasteiger partial charge is 0.347 e. The summed E-state index contributed by atoms with van der Waals surface area (Å²) in [5, 5.41) is 9.11. The Morgan fingerprint density at radius 1 is 0.732 bits per heavy atom. The molecule has 0 spiro atoms. The lowest BCUT2D eigenvalue weighted by molar-refractivity contribution is -0.112. The number of aromatic nitrogens is 6. The number of rotatable bonds is 5. The third-order valence-corrected chi connectivity index (χ3v) is 8.88. The van der Waals surface area contributed by atoms with Gasteiger partial charge in [0.05, 0.1) is 11.4 Å². The predicted octanol–water partition coefficient (Wildman–Crippen LogP) is 5.15. The summed E-state index contributed by atoms with van der Waals surface area (Å²) in [5.74, 6) is -0.152.